The summed E-state index contributed by atoms with van der Waals surface area (Å²) in [7, 11) is -1.78. The first kappa shape index (κ1) is 31.6. The minimum absolute atomic E-state index is 0. The Labute approximate surface area is 225 Å². The zero-order valence-corrected chi connectivity index (χ0v) is 27.3. The van der Waals surface area contributed by atoms with E-state index in [1.165, 1.54) is 75.5 Å². The molecule has 0 unspecified atom stereocenters. The van der Waals surface area contributed by atoms with Crippen molar-refractivity contribution in [1.82, 2.24) is 0 Å². The average Bonchev–Trinajstić information content (AvgIpc) is 3.31. The van der Waals surface area contributed by atoms with E-state index in [1.807, 2.05) is 0 Å². The smallest absolute Gasteiger partial charge is 1.00 e. The normalized spacial score (nSPS) is 17.4. The summed E-state index contributed by atoms with van der Waals surface area (Å²) in [6.45, 7) is 9.64. The summed E-state index contributed by atoms with van der Waals surface area (Å²) in [5.41, 5.74) is 3.17. The van der Waals surface area contributed by atoms with Crippen LogP contribution in [0.2, 0.25) is 37.3 Å². The van der Waals surface area contributed by atoms with Crippen molar-refractivity contribution in [2.75, 3.05) is 0 Å². The maximum absolute atomic E-state index is 2.55. The maximum atomic E-state index is 2.55. The Balaban J connectivity index is 0.000000529. The van der Waals surface area contributed by atoms with Gasteiger partial charge in [0.25, 0.3) is 0 Å². The molecule has 172 valence electrons. The van der Waals surface area contributed by atoms with Crippen molar-refractivity contribution in [3.8, 4) is 0 Å². The third-order valence-electron chi connectivity index (χ3n) is 7.58. The zero-order chi connectivity index (χ0) is 20.0. The second-order valence-corrected chi connectivity index (χ2v) is 19.4. The number of hydrogen-bond acceptors (Lipinski definition) is 0. The van der Waals surface area contributed by atoms with E-state index in [0.29, 0.717) is 0 Å². The molecule has 2 aromatic rings. The van der Waals surface area contributed by atoms with Gasteiger partial charge in [-0.1, -0.05) is 102 Å². The minimum atomic E-state index is -0.891. The SMILES string of the molecule is CCCC[c-]1ccc([Si]2(C)CCC2)c1.CCCC[c-]1ccc([Si]2(C)CCC2)c1.[Cl-].[Cl-].[Hf+4]. The van der Waals surface area contributed by atoms with E-state index in [2.05, 4.69) is 63.3 Å². The van der Waals surface area contributed by atoms with Gasteiger partial charge in [-0.25, -0.2) is 22.5 Å². The van der Waals surface area contributed by atoms with Gasteiger partial charge in [-0.15, -0.1) is 0 Å². The van der Waals surface area contributed by atoms with Crippen molar-refractivity contribution in [2.24, 2.45) is 0 Å². The summed E-state index contributed by atoms with van der Waals surface area (Å²) in [6, 6.07) is 20.7. The molecule has 0 aromatic heterocycles. The number of unbranched alkanes of at least 4 members (excludes halogenated alkanes) is 2. The van der Waals surface area contributed by atoms with Crippen LogP contribution in [0.1, 0.15) is 63.5 Å². The molecule has 0 aliphatic carbocycles. The first-order valence-corrected chi connectivity index (χ1v) is 17.8. The van der Waals surface area contributed by atoms with E-state index >= 15 is 0 Å². The van der Waals surface area contributed by atoms with Crippen molar-refractivity contribution in [1.29, 1.82) is 0 Å². The van der Waals surface area contributed by atoms with Crippen LogP contribution in [0.3, 0.4) is 0 Å². The summed E-state index contributed by atoms with van der Waals surface area (Å²) < 4.78 is 0. The van der Waals surface area contributed by atoms with Crippen LogP contribution >= 0.6 is 0 Å². The number of rotatable bonds is 8. The largest absolute Gasteiger partial charge is 4.00 e. The summed E-state index contributed by atoms with van der Waals surface area (Å²) in [4.78, 5) is 0. The first-order valence-electron chi connectivity index (χ1n) is 12.0. The molecule has 2 fully saturated rings. The fourth-order valence-corrected chi connectivity index (χ4v) is 10.8. The third-order valence-corrected chi connectivity index (χ3v) is 16.8. The molecule has 5 heteroatoms. The maximum Gasteiger partial charge on any atom is 4.00 e. The molecule has 0 spiro atoms. The van der Waals surface area contributed by atoms with Gasteiger partial charge in [0.05, 0.1) is 0 Å². The second kappa shape index (κ2) is 14.8. The fourth-order valence-electron chi connectivity index (χ4n) is 4.80. The summed E-state index contributed by atoms with van der Waals surface area (Å²) in [5, 5.41) is 3.46. The van der Waals surface area contributed by atoms with Gasteiger partial charge in [0, 0.05) is 16.1 Å². The third kappa shape index (κ3) is 8.39. The van der Waals surface area contributed by atoms with Crippen molar-refractivity contribution in [3.63, 3.8) is 0 Å². The van der Waals surface area contributed by atoms with Crippen molar-refractivity contribution in [3.05, 3.63) is 47.5 Å². The van der Waals surface area contributed by atoms with Crippen LogP contribution in [0.15, 0.2) is 36.4 Å². The van der Waals surface area contributed by atoms with Crippen molar-refractivity contribution in [2.45, 2.75) is 102 Å². The van der Waals surface area contributed by atoms with Crippen LogP contribution < -0.4 is 35.2 Å². The summed E-state index contributed by atoms with van der Waals surface area (Å²) in [5.74, 6) is 0. The van der Waals surface area contributed by atoms with Gasteiger partial charge in [-0.3, -0.25) is 0 Å². The Bertz CT molecular complexity index is 667. The molecule has 4 rings (SSSR count). The van der Waals surface area contributed by atoms with Gasteiger partial charge in [-0.05, 0) is 0 Å². The second-order valence-electron chi connectivity index (χ2n) is 10.1. The molecule has 0 radical (unpaired) electrons. The average molecular weight is 660 g/mol. The standard InChI is InChI=1S/2C13H21Si.2ClH.Hf/c2*1-3-4-6-12-7-8-13(11-12)14(2)9-5-10-14;;;/h2*7-8,11H,3-6,9-10H2,1-2H3;2*1H;/q2*-1;;;+4/p-2. The van der Waals surface area contributed by atoms with Gasteiger partial charge in [0.2, 0.25) is 0 Å². The van der Waals surface area contributed by atoms with Crippen LogP contribution in [0.25, 0.3) is 0 Å². The minimum Gasteiger partial charge on any atom is -1.00 e. The number of aryl methyl sites for hydroxylation is 2. The van der Waals surface area contributed by atoms with Crippen LogP contribution in [0, 0.1) is 0 Å². The predicted octanol–water partition coefficient (Wildman–Crippen LogP) is 0.880. The summed E-state index contributed by atoms with van der Waals surface area (Å²) in [6.07, 6.45) is 10.9. The van der Waals surface area contributed by atoms with Gasteiger partial charge >= 0.3 is 25.8 Å². The Morgan fingerprint density at radius 2 is 1.06 bits per heavy atom. The predicted molar refractivity (Wildman–Crippen MR) is 132 cm³/mol. The van der Waals surface area contributed by atoms with E-state index in [-0.39, 0.29) is 50.7 Å². The summed E-state index contributed by atoms with van der Waals surface area (Å²) >= 11 is 0. The van der Waals surface area contributed by atoms with E-state index in [0.717, 1.165) is 0 Å². The van der Waals surface area contributed by atoms with Gasteiger partial charge in [0.1, 0.15) is 0 Å². The van der Waals surface area contributed by atoms with Crippen LogP contribution in [-0.4, -0.2) is 16.1 Å². The zero-order valence-electron chi connectivity index (χ0n) is 20.2. The molecule has 0 nitrogen and oxygen atoms in total. The van der Waals surface area contributed by atoms with Gasteiger partial charge in [0.15, 0.2) is 0 Å². The molecule has 2 heterocycles. The molecule has 0 bridgehead atoms. The molecular formula is C26H42Cl2HfSi2. The van der Waals surface area contributed by atoms with Crippen molar-refractivity contribution >= 4 is 26.5 Å². The Morgan fingerprint density at radius 1 is 0.710 bits per heavy atom. The topological polar surface area (TPSA) is 0 Å². The molecule has 31 heavy (non-hydrogen) atoms. The van der Waals surface area contributed by atoms with Gasteiger partial charge < -0.3 is 24.8 Å². The molecule has 2 aliphatic rings. The molecular weight excluding hydrogens is 618 g/mol. The van der Waals surface area contributed by atoms with E-state index < -0.39 is 16.1 Å². The van der Waals surface area contributed by atoms with E-state index in [9.17, 15) is 0 Å². The molecule has 0 atom stereocenters. The fraction of sp³-hybridized carbons (Fsp3) is 0.615. The first-order chi connectivity index (χ1) is 13.5. The van der Waals surface area contributed by atoms with E-state index in [1.54, 1.807) is 21.5 Å². The van der Waals surface area contributed by atoms with E-state index in [4.69, 9.17) is 0 Å². The Morgan fingerprint density at radius 3 is 1.32 bits per heavy atom. The monoisotopic (exact) mass is 660 g/mol. The Kier molecular flexibility index (Phi) is 15.0. The van der Waals surface area contributed by atoms with Crippen molar-refractivity contribution < 1.29 is 50.7 Å². The molecule has 0 N–H and O–H groups in total. The van der Waals surface area contributed by atoms with Crippen LogP contribution in [0.5, 0.6) is 0 Å². The van der Waals surface area contributed by atoms with Crippen LogP contribution in [-0.2, 0) is 38.7 Å². The molecule has 0 saturated carbocycles. The molecule has 2 saturated heterocycles. The van der Waals surface area contributed by atoms with Crippen LogP contribution in [0.4, 0.5) is 0 Å². The van der Waals surface area contributed by atoms with Gasteiger partial charge in [-0.2, -0.15) is 35.4 Å². The molecule has 2 aromatic carbocycles. The number of hydrogen-bond donors (Lipinski definition) is 0. The quantitative estimate of drug-likeness (QED) is 0.292. The molecule has 2 aliphatic heterocycles. The molecule has 0 amide bonds. The Hall–Kier alpha value is 0.584. The number of halogens is 2.